The van der Waals surface area contributed by atoms with E-state index in [-0.39, 0.29) is 0 Å². The molecular formula is C16H22N2. The highest BCUT2D eigenvalue weighted by atomic mass is 14.9. The van der Waals surface area contributed by atoms with Gasteiger partial charge in [-0.2, -0.15) is 0 Å². The van der Waals surface area contributed by atoms with E-state index in [1.165, 1.54) is 16.6 Å². The summed E-state index contributed by atoms with van der Waals surface area (Å²) in [5.74, 6) is 0.455. The fourth-order valence-electron chi connectivity index (χ4n) is 2.11. The molecule has 0 aliphatic rings. The first-order valence-electron chi connectivity index (χ1n) is 6.77. The molecule has 0 fully saturated rings. The summed E-state index contributed by atoms with van der Waals surface area (Å²) in [5.41, 5.74) is 4.75. The molecule has 1 aromatic carbocycles. The number of anilines is 1. The van der Waals surface area contributed by atoms with Crippen molar-refractivity contribution >= 4 is 16.6 Å². The Morgan fingerprint density at radius 2 is 2.06 bits per heavy atom. The van der Waals surface area contributed by atoms with E-state index in [9.17, 15) is 0 Å². The zero-order valence-corrected chi connectivity index (χ0v) is 11.7. The van der Waals surface area contributed by atoms with Crippen LogP contribution in [0.3, 0.4) is 0 Å². The molecule has 1 aromatic heterocycles. The van der Waals surface area contributed by atoms with Crippen LogP contribution >= 0.6 is 0 Å². The summed E-state index contributed by atoms with van der Waals surface area (Å²) in [4.78, 5) is 4.80. The van der Waals surface area contributed by atoms with Crippen LogP contribution < -0.4 is 5.32 Å². The Labute approximate surface area is 109 Å². The number of hydrogen-bond donors (Lipinski definition) is 1. The van der Waals surface area contributed by atoms with Crippen LogP contribution in [-0.2, 0) is 0 Å². The van der Waals surface area contributed by atoms with Crippen LogP contribution in [0.5, 0.6) is 0 Å². The third-order valence-electron chi connectivity index (χ3n) is 3.22. The Morgan fingerprint density at radius 3 is 2.72 bits per heavy atom. The molecule has 18 heavy (non-hydrogen) atoms. The second-order valence-electron chi connectivity index (χ2n) is 5.15. The Balaban J connectivity index is 2.61. The number of aryl methyl sites for hydroxylation is 1. The first kappa shape index (κ1) is 12.9. The number of benzene rings is 1. The highest BCUT2D eigenvalue weighted by Crippen LogP contribution is 2.28. The minimum absolute atomic E-state index is 0.455. The monoisotopic (exact) mass is 242 g/mol. The van der Waals surface area contributed by atoms with Gasteiger partial charge in [-0.15, -0.1) is 0 Å². The molecule has 1 N–H and O–H groups in total. The summed E-state index contributed by atoms with van der Waals surface area (Å²) in [6, 6.07) is 8.58. The molecule has 2 nitrogen and oxygen atoms in total. The maximum Gasteiger partial charge on any atom is 0.0755 e. The Kier molecular flexibility index (Phi) is 3.85. The van der Waals surface area contributed by atoms with Crippen molar-refractivity contribution in [2.45, 2.75) is 40.0 Å². The van der Waals surface area contributed by atoms with E-state index in [2.05, 4.69) is 57.3 Å². The van der Waals surface area contributed by atoms with Gasteiger partial charge in [0.25, 0.3) is 0 Å². The highest BCUT2D eigenvalue weighted by Gasteiger charge is 2.09. The van der Waals surface area contributed by atoms with Gasteiger partial charge >= 0.3 is 0 Å². The van der Waals surface area contributed by atoms with E-state index in [0.29, 0.717) is 5.92 Å². The van der Waals surface area contributed by atoms with Gasteiger partial charge in [0.15, 0.2) is 0 Å². The second-order valence-corrected chi connectivity index (χ2v) is 5.15. The largest absolute Gasteiger partial charge is 0.384 e. The van der Waals surface area contributed by atoms with Crippen molar-refractivity contribution in [1.82, 2.24) is 4.98 Å². The van der Waals surface area contributed by atoms with Crippen LogP contribution in [0.25, 0.3) is 10.9 Å². The molecule has 0 spiro atoms. The SMILES string of the molecule is CCCNc1cc(C(C)C)nc2c(C)cccc12. The van der Waals surface area contributed by atoms with Gasteiger partial charge in [0, 0.05) is 23.3 Å². The predicted molar refractivity (Wildman–Crippen MR) is 79.3 cm³/mol. The zero-order chi connectivity index (χ0) is 13.1. The quantitative estimate of drug-likeness (QED) is 0.854. The molecule has 0 bridgehead atoms. The third kappa shape index (κ3) is 2.47. The molecule has 0 atom stereocenters. The number of pyridine rings is 1. The van der Waals surface area contributed by atoms with Gasteiger partial charge in [-0.3, -0.25) is 4.98 Å². The van der Waals surface area contributed by atoms with E-state index in [1.807, 2.05) is 0 Å². The van der Waals surface area contributed by atoms with Crippen molar-refractivity contribution < 1.29 is 0 Å². The van der Waals surface area contributed by atoms with Gasteiger partial charge in [-0.25, -0.2) is 0 Å². The predicted octanol–water partition coefficient (Wildman–Crippen LogP) is 4.49. The van der Waals surface area contributed by atoms with Crippen molar-refractivity contribution in [3.63, 3.8) is 0 Å². The molecule has 0 aliphatic carbocycles. The second kappa shape index (κ2) is 5.38. The summed E-state index contributed by atoms with van der Waals surface area (Å²) in [7, 11) is 0. The van der Waals surface area contributed by atoms with Crippen LogP contribution in [0.15, 0.2) is 24.3 Å². The first-order chi connectivity index (χ1) is 8.63. The molecule has 0 amide bonds. The number of rotatable bonds is 4. The van der Waals surface area contributed by atoms with Crippen LogP contribution in [0.4, 0.5) is 5.69 Å². The summed E-state index contributed by atoms with van der Waals surface area (Å²) >= 11 is 0. The molecular weight excluding hydrogens is 220 g/mol. The first-order valence-corrected chi connectivity index (χ1v) is 6.77. The Morgan fingerprint density at radius 1 is 1.28 bits per heavy atom. The summed E-state index contributed by atoms with van der Waals surface area (Å²) in [5, 5.41) is 4.75. The maximum absolute atomic E-state index is 4.80. The molecule has 0 unspecified atom stereocenters. The number of aromatic nitrogens is 1. The fraction of sp³-hybridized carbons (Fsp3) is 0.438. The molecule has 0 aliphatic heterocycles. The number of para-hydroxylation sites is 1. The van der Waals surface area contributed by atoms with Gasteiger partial charge in [-0.1, -0.05) is 39.0 Å². The molecule has 1 heterocycles. The normalized spacial score (nSPS) is 11.2. The summed E-state index contributed by atoms with van der Waals surface area (Å²) in [6.07, 6.45) is 1.13. The molecule has 96 valence electrons. The average Bonchev–Trinajstić information content (AvgIpc) is 2.36. The van der Waals surface area contributed by atoms with E-state index in [0.717, 1.165) is 24.2 Å². The fourth-order valence-corrected chi connectivity index (χ4v) is 2.11. The van der Waals surface area contributed by atoms with E-state index < -0.39 is 0 Å². The smallest absolute Gasteiger partial charge is 0.0755 e. The lowest BCUT2D eigenvalue weighted by atomic mass is 10.0. The topological polar surface area (TPSA) is 24.9 Å². The highest BCUT2D eigenvalue weighted by molar-refractivity contribution is 5.93. The van der Waals surface area contributed by atoms with E-state index in [4.69, 9.17) is 4.98 Å². The van der Waals surface area contributed by atoms with Crippen LogP contribution in [0.1, 0.15) is 44.4 Å². The lowest BCUT2D eigenvalue weighted by Gasteiger charge is -2.14. The summed E-state index contributed by atoms with van der Waals surface area (Å²) in [6.45, 7) is 9.70. The molecule has 0 radical (unpaired) electrons. The van der Waals surface area contributed by atoms with Crippen molar-refractivity contribution in [3.05, 3.63) is 35.5 Å². The van der Waals surface area contributed by atoms with Gasteiger partial charge in [0.05, 0.1) is 5.52 Å². The van der Waals surface area contributed by atoms with Crippen LogP contribution in [-0.4, -0.2) is 11.5 Å². The minimum atomic E-state index is 0.455. The maximum atomic E-state index is 4.80. The number of nitrogens with one attached hydrogen (secondary N) is 1. The molecule has 2 aromatic rings. The third-order valence-corrected chi connectivity index (χ3v) is 3.22. The average molecular weight is 242 g/mol. The number of nitrogens with zero attached hydrogens (tertiary/aromatic N) is 1. The number of hydrogen-bond acceptors (Lipinski definition) is 2. The lowest BCUT2D eigenvalue weighted by molar-refractivity contribution is 0.829. The van der Waals surface area contributed by atoms with Crippen molar-refractivity contribution in [2.24, 2.45) is 0 Å². The molecule has 0 saturated carbocycles. The van der Waals surface area contributed by atoms with E-state index in [1.54, 1.807) is 0 Å². The number of fused-ring (bicyclic) bond motifs is 1. The van der Waals surface area contributed by atoms with Crippen molar-refractivity contribution in [1.29, 1.82) is 0 Å². The van der Waals surface area contributed by atoms with Crippen LogP contribution in [0.2, 0.25) is 0 Å². The van der Waals surface area contributed by atoms with Gasteiger partial charge in [-0.05, 0) is 30.9 Å². The van der Waals surface area contributed by atoms with Crippen molar-refractivity contribution in [2.75, 3.05) is 11.9 Å². The minimum Gasteiger partial charge on any atom is -0.384 e. The zero-order valence-electron chi connectivity index (χ0n) is 11.7. The molecule has 2 heteroatoms. The summed E-state index contributed by atoms with van der Waals surface area (Å²) < 4.78 is 0. The standard InChI is InChI=1S/C16H22N2/c1-5-9-17-15-10-14(11(2)3)18-16-12(4)7-6-8-13(15)16/h6-8,10-11H,5,9H2,1-4H3,(H,17,18). The van der Waals surface area contributed by atoms with Crippen molar-refractivity contribution in [3.8, 4) is 0 Å². The Hall–Kier alpha value is -1.57. The lowest BCUT2D eigenvalue weighted by Crippen LogP contribution is -2.04. The van der Waals surface area contributed by atoms with Gasteiger partial charge < -0.3 is 5.32 Å². The van der Waals surface area contributed by atoms with Crippen LogP contribution in [0, 0.1) is 6.92 Å². The van der Waals surface area contributed by atoms with Gasteiger partial charge in [0.2, 0.25) is 0 Å². The van der Waals surface area contributed by atoms with Gasteiger partial charge in [0.1, 0.15) is 0 Å². The molecule has 0 saturated heterocycles. The van der Waals surface area contributed by atoms with E-state index >= 15 is 0 Å². The molecule has 2 rings (SSSR count). The Bertz CT molecular complexity index is 544.